The van der Waals surface area contributed by atoms with E-state index in [0.717, 1.165) is 0 Å². The summed E-state index contributed by atoms with van der Waals surface area (Å²) in [6, 6.07) is 21.7. The van der Waals surface area contributed by atoms with E-state index in [0.29, 0.717) is 21.3 Å². The second-order valence-corrected chi connectivity index (χ2v) is 6.45. The lowest BCUT2D eigenvalue weighted by Crippen LogP contribution is -2.09. The van der Waals surface area contributed by atoms with Crippen molar-refractivity contribution in [2.75, 3.05) is 0 Å². The largest absolute Gasteiger partial charge is 0.423 e. The van der Waals surface area contributed by atoms with E-state index in [2.05, 4.69) is 15.9 Å². The molecule has 0 aromatic heterocycles. The first-order valence-electron chi connectivity index (χ1n) is 8.02. The van der Waals surface area contributed by atoms with Gasteiger partial charge in [-0.05, 0) is 57.9 Å². The van der Waals surface area contributed by atoms with E-state index in [1.165, 1.54) is 6.07 Å². The van der Waals surface area contributed by atoms with Gasteiger partial charge < -0.3 is 4.74 Å². The van der Waals surface area contributed by atoms with Gasteiger partial charge in [-0.25, -0.2) is 9.18 Å². The van der Waals surface area contributed by atoms with Crippen molar-refractivity contribution >= 4 is 33.5 Å². The van der Waals surface area contributed by atoms with Crippen LogP contribution in [0.4, 0.5) is 4.39 Å². The van der Waals surface area contributed by atoms with Crippen molar-refractivity contribution in [3.05, 3.63) is 99.8 Å². The molecule has 0 amide bonds. The second-order valence-electron chi connectivity index (χ2n) is 5.59. The van der Waals surface area contributed by atoms with Gasteiger partial charge in [0, 0.05) is 10.0 Å². The first kappa shape index (κ1) is 18.6. The number of carbonyl (C=O) groups is 1. The van der Waals surface area contributed by atoms with Crippen molar-refractivity contribution in [2.45, 2.75) is 0 Å². The molecule has 0 saturated heterocycles. The average Bonchev–Trinajstić information content (AvgIpc) is 2.67. The van der Waals surface area contributed by atoms with Crippen molar-refractivity contribution in [3.63, 3.8) is 0 Å². The average molecular weight is 422 g/mol. The third kappa shape index (κ3) is 4.49. The SMILES string of the molecule is N#C/C(=C/c1cccc(OC(=O)c2ccccc2Br)c1)c1ccccc1F. The fraction of sp³-hybridized carbons (Fsp3) is 0. The lowest BCUT2D eigenvalue weighted by molar-refractivity contribution is 0.0734. The third-order valence-corrected chi connectivity index (χ3v) is 4.45. The molecule has 0 saturated carbocycles. The molecule has 0 fully saturated rings. The van der Waals surface area contributed by atoms with Gasteiger partial charge >= 0.3 is 5.97 Å². The lowest BCUT2D eigenvalue weighted by atomic mass is 10.0. The topological polar surface area (TPSA) is 50.1 Å². The highest BCUT2D eigenvalue weighted by Gasteiger charge is 2.12. The fourth-order valence-electron chi connectivity index (χ4n) is 2.47. The number of rotatable bonds is 4. The van der Waals surface area contributed by atoms with Crippen LogP contribution in [0.1, 0.15) is 21.5 Å². The summed E-state index contributed by atoms with van der Waals surface area (Å²) in [6.45, 7) is 0. The minimum Gasteiger partial charge on any atom is -0.423 e. The molecule has 3 aromatic rings. The van der Waals surface area contributed by atoms with E-state index in [9.17, 15) is 14.4 Å². The number of ether oxygens (including phenoxy) is 1. The molecule has 0 aliphatic heterocycles. The van der Waals surface area contributed by atoms with E-state index in [1.807, 2.05) is 6.07 Å². The van der Waals surface area contributed by atoms with Crippen LogP contribution in [-0.2, 0) is 0 Å². The number of nitriles is 1. The number of nitrogens with zero attached hydrogens (tertiary/aromatic N) is 1. The van der Waals surface area contributed by atoms with Crippen LogP contribution >= 0.6 is 15.9 Å². The molecule has 132 valence electrons. The Kier molecular flexibility index (Phi) is 5.80. The van der Waals surface area contributed by atoms with E-state index in [-0.39, 0.29) is 11.1 Å². The second kappa shape index (κ2) is 8.43. The maximum Gasteiger partial charge on any atom is 0.344 e. The molecule has 3 aromatic carbocycles. The van der Waals surface area contributed by atoms with Gasteiger partial charge in [0.2, 0.25) is 0 Å². The normalized spacial score (nSPS) is 10.9. The number of esters is 1. The summed E-state index contributed by atoms with van der Waals surface area (Å²) in [4.78, 5) is 12.3. The van der Waals surface area contributed by atoms with Crippen molar-refractivity contribution < 1.29 is 13.9 Å². The van der Waals surface area contributed by atoms with Crippen LogP contribution in [0, 0.1) is 17.1 Å². The first-order chi connectivity index (χ1) is 13.1. The molecule has 0 radical (unpaired) electrons. The van der Waals surface area contributed by atoms with Gasteiger partial charge in [-0.2, -0.15) is 5.26 Å². The predicted octanol–water partition coefficient (Wildman–Crippen LogP) is 5.87. The molecule has 3 rings (SSSR count). The van der Waals surface area contributed by atoms with E-state index in [1.54, 1.807) is 72.8 Å². The van der Waals surface area contributed by atoms with Crippen LogP contribution < -0.4 is 4.74 Å². The molecule has 0 heterocycles. The zero-order valence-electron chi connectivity index (χ0n) is 14.0. The number of hydrogen-bond donors (Lipinski definition) is 0. The highest BCUT2D eigenvalue weighted by molar-refractivity contribution is 9.10. The van der Waals surface area contributed by atoms with Gasteiger partial charge in [-0.1, -0.05) is 42.5 Å². The first-order valence-corrected chi connectivity index (χ1v) is 8.81. The smallest absolute Gasteiger partial charge is 0.344 e. The van der Waals surface area contributed by atoms with Crippen LogP contribution in [0.2, 0.25) is 0 Å². The molecule has 0 bridgehead atoms. The summed E-state index contributed by atoms with van der Waals surface area (Å²) in [5, 5.41) is 9.38. The van der Waals surface area contributed by atoms with Crippen LogP contribution in [0.25, 0.3) is 11.6 Å². The Bertz CT molecular complexity index is 1070. The Morgan fingerprint density at radius 2 is 1.70 bits per heavy atom. The fourth-order valence-corrected chi connectivity index (χ4v) is 2.92. The summed E-state index contributed by atoms with van der Waals surface area (Å²) >= 11 is 3.32. The minimum absolute atomic E-state index is 0.183. The predicted molar refractivity (Wildman–Crippen MR) is 105 cm³/mol. The molecule has 3 nitrogen and oxygen atoms in total. The number of carbonyl (C=O) groups excluding carboxylic acids is 1. The van der Waals surface area contributed by atoms with Crippen LogP contribution in [0.5, 0.6) is 5.75 Å². The summed E-state index contributed by atoms with van der Waals surface area (Å²) in [5.74, 6) is -0.643. The van der Waals surface area contributed by atoms with Crippen molar-refractivity contribution in [3.8, 4) is 11.8 Å². The minimum atomic E-state index is -0.502. The van der Waals surface area contributed by atoms with Gasteiger partial charge in [0.25, 0.3) is 0 Å². The summed E-state index contributed by atoms with van der Waals surface area (Å²) in [6.07, 6.45) is 1.55. The summed E-state index contributed by atoms with van der Waals surface area (Å²) in [5.41, 5.74) is 1.42. The Labute approximate surface area is 164 Å². The Morgan fingerprint density at radius 1 is 1.00 bits per heavy atom. The molecular formula is C22H13BrFNO2. The van der Waals surface area contributed by atoms with Crippen molar-refractivity contribution in [2.24, 2.45) is 0 Å². The zero-order chi connectivity index (χ0) is 19.2. The van der Waals surface area contributed by atoms with Crippen molar-refractivity contribution in [1.29, 1.82) is 5.26 Å². The molecule has 0 aliphatic carbocycles. The highest BCUT2D eigenvalue weighted by Crippen LogP contribution is 2.24. The van der Waals surface area contributed by atoms with Gasteiger partial charge in [-0.15, -0.1) is 0 Å². The Morgan fingerprint density at radius 3 is 2.41 bits per heavy atom. The molecule has 0 unspecified atom stereocenters. The number of halogens is 2. The lowest BCUT2D eigenvalue weighted by Gasteiger charge is -2.07. The van der Waals surface area contributed by atoms with Gasteiger partial charge in [0.05, 0.1) is 17.2 Å². The van der Waals surface area contributed by atoms with Crippen molar-refractivity contribution in [1.82, 2.24) is 0 Å². The summed E-state index contributed by atoms with van der Waals surface area (Å²) in [7, 11) is 0. The highest BCUT2D eigenvalue weighted by atomic mass is 79.9. The maximum atomic E-state index is 13.9. The standard InChI is InChI=1S/C22H13BrFNO2/c23-20-10-3-1-9-19(20)22(26)27-17-7-5-6-15(13-17)12-16(14-25)18-8-2-4-11-21(18)24/h1-13H/b16-12-. The van der Waals surface area contributed by atoms with Gasteiger partial charge in [0.15, 0.2) is 0 Å². The molecule has 0 N–H and O–H groups in total. The maximum absolute atomic E-state index is 13.9. The Balaban J connectivity index is 1.87. The summed E-state index contributed by atoms with van der Waals surface area (Å²) < 4.78 is 20.0. The number of allylic oxidation sites excluding steroid dienone is 1. The quantitative estimate of drug-likeness (QED) is 0.229. The molecule has 0 aliphatic rings. The van der Waals surface area contributed by atoms with Gasteiger partial charge in [0.1, 0.15) is 11.6 Å². The number of benzene rings is 3. The van der Waals surface area contributed by atoms with Crippen LogP contribution in [-0.4, -0.2) is 5.97 Å². The zero-order valence-corrected chi connectivity index (χ0v) is 15.6. The van der Waals surface area contributed by atoms with Crippen LogP contribution in [0.15, 0.2) is 77.3 Å². The van der Waals surface area contributed by atoms with Gasteiger partial charge in [-0.3, -0.25) is 0 Å². The number of hydrogen-bond acceptors (Lipinski definition) is 3. The van der Waals surface area contributed by atoms with E-state index < -0.39 is 11.8 Å². The monoisotopic (exact) mass is 421 g/mol. The molecule has 0 atom stereocenters. The third-order valence-electron chi connectivity index (χ3n) is 3.76. The van der Waals surface area contributed by atoms with E-state index >= 15 is 0 Å². The van der Waals surface area contributed by atoms with E-state index in [4.69, 9.17) is 4.74 Å². The Hall–Kier alpha value is -3.23. The molecule has 5 heteroatoms. The molecule has 27 heavy (non-hydrogen) atoms. The molecule has 0 spiro atoms. The molecular weight excluding hydrogens is 409 g/mol. The van der Waals surface area contributed by atoms with Crippen LogP contribution in [0.3, 0.4) is 0 Å².